The smallest absolute Gasteiger partial charge is 0.183 e. The van der Waals surface area contributed by atoms with Crippen molar-refractivity contribution < 1.29 is 17.2 Å². The number of halogens is 2. The maximum atomic E-state index is 13.4. The Hall–Kier alpha value is -1.01. The second kappa shape index (κ2) is 5.10. The minimum atomic E-state index is -3.80. The maximum absolute atomic E-state index is 13.4. The lowest BCUT2D eigenvalue weighted by Gasteiger charge is -2.15. The van der Waals surface area contributed by atoms with Crippen LogP contribution in [0, 0.1) is 11.6 Å². The maximum Gasteiger partial charge on any atom is 0.183 e. The molecule has 0 saturated carbocycles. The standard InChI is InChI=1S/C11H15F2NO2S/c1-7(14)5-8(2)17(15,16)11-4-3-9(12)6-10(11)13/h3-4,6-8H,5,14H2,1-2H3. The molecule has 2 unspecified atom stereocenters. The normalized spacial score (nSPS) is 15.6. The van der Waals surface area contributed by atoms with Crippen molar-refractivity contribution in [3.63, 3.8) is 0 Å². The van der Waals surface area contributed by atoms with Gasteiger partial charge in [-0.25, -0.2) is 17.2 Å². The predicted molar refractivity (Wildman–Crippen MR) is 61.3 cm³/mol. The van der Waals surface area contributed by atoms with Crippen LogP contribution in [-0.2, 0) is 9.84 Å². The first-order valence-corrected chi connectivity index (χ1v) is 6.74. The molecule has 2 atom stereocenters. The number of benzene rings is 1. The number of sulfone groups is 1. The summed E-state index contributed by atoms with van der Waals surface area (Å²) in [6, 6.07) is 2.13. The van der Waals surface area contributed by atoms with Crippen LogP contribution in [0.2, 0.25) is 0 Å². The summed E-state index contributed by atoms with van der Waals surface area (Å²) in [4.78, 5) is -0.480. The summed E-state index contributed by atoms with van der Waals surface area (Å²) < 4.78 is 50.0. The van der Waals surface area contributed by atoms with E-state index in [1.165, 1.54) is 6.92 Å². The molecule has 0 aliphatic rings. The first-order chi connectivity index (χ1) is 7.75. The second-order valence-corrected chi connectivity index (χ2v) is 6.48. The Bertz CT molecular complexity index is 500. The summed E-state index contributed by atoms with van der Waals surface area (Å²) in [5.74, 6) is -1.87. The van der Waals surface area contributed by atoms with Crippen LogP contribution in [-0.4, -0.2) is 19.7 Å². The van der Waals surface area contributed by atoms with E-state index in [0.29, 0.717) is 6.07 Å². The van der Waals surface area contributed by atoms with Gasteiger partial charge in [-0.15, -0.1) is 0 Å². The average molecular weight is 263 g/mol. The molecule has 0 bridgehead atoms. The van der Waals surface area contributed by atoms with Gasteiger partial charge < -0.3 is 5.73 Å². The summed E-state index contributed by atoms with van der Waals surface area (Å²) in [5, 5.41) is -0.803. The lowest BCUT2D eigenvalue weighted by Crippen LogP contribution is -2.27. The number of hydrogen-bond acceptors (Lipinski definition) is 3. The van der Waals surface area contributed by atoms with Crippen LogP contribution < -0.4 is 5.73 Å². The summed E-state index contributed by atoms with van der Waals surface area (Å²) in [6.07, 6.45) is 0.221. The molecule has 3 nitrogen and oxygen atoms in total. The van der Waals surface area contributed by atoms with Crippen LogP contribution >= 0.6 is 0 Å². The summed E-state index contributed by atoms with van der Waals surface area (Å²) >= 11 is 0. The van der Waals surface area contributed by atoms with Crippen molar-refractivity contribution in [2.75, 3.05) is 0 Å². The fourth-order valence-electron chi connectivity index (χ4n) is 1.57. The van der Waals surface area contributed by atoms with Crippen LogP contribution in [0.4, 0.5) is 8.78 Å². The largest absolute Gasteiger partial charge is 0.328 e. The highest BCUT2D eigenvalue weighted by atomic mass is 32.2. The van der Waals surface area contributed by atoms with Crippen LogP contribution in [0.5, 0.6) is 0 Å². The minimum Gasteiger partial charge on any atom is -0.328 e. The van der Waals surface area contributed by atoms with E-state index in [1.54, 1.807) is 6.92 Å². The molecular formula is C11H15F2NO2S. The first kappa shape index (κ1) is 14.1. The van der Waals surface area contributed by atoms with Gasteiger partial charge in [0.05, 0.1) is 5.25 Å². The SMILES string of the molecule is CC(N)CC(C)S(=O)(=O)c1ccc(F)cc1F. The van der Waals surface area contributed by atoms with E-state index < -0.39 is 31.6 Å². The molecule has 0 radical (unpaired) electrons. The molecule has 96 valence electrons. The fourth-order valence-corrected chi connectivity index (χ4v) is 3.15. The van der Waals surface area contributed by atoms with Crippen LogP contribution in [0.15, 0.2) is 23.1 Å². The van der Waals surface area contributed by atoms with E-state index in [0.717, 1.165) is 12.1 Å². The lowest BCUT2D eigenvalue weighted by molar-refractivity contribution is 0.536. The van der Waals surface area contributed by atoms with Crippen LogP contribution in [0.3, 0.4) is 0 Å². The summed E-state index contributed by atoms with van der Waals surface area (Å²) in [5.41, 5.74) is 5.51. The van der Waals surface area contributed by atoms with Gasteiger partial charge in [-0.3, -0.25) is 0 Å². The lowest BCUT2D eigenvalue weighted by atomic mass is 10.2. The van der Waals surface area contributed by atoms with Crippen molar-refractivity contribution in [1.82, 2.24) is 0 Å². The van der Waals surface area contributed by atoms with Gasteiger partial charge in [-0.2, -0.15) is 0 Å². The zero-order valence-electron chi connectivity index (χ0n) is 9.65. The van der Waals surface area contributed by atoms with Crippen molar-refractivity contribution >= 4 is 9.84 Å². The second-order valence-electron chi connectivity index (χ2n) is 4.14. The Morgan fingerprint density at radius 3 is 2.35 bits per heavy atom. The Morgan fingerprint density at radius 2 is 1.88 bits per heavy atom. The third-order valence-electron chi connectivity index (χ3n) is 2.43. The third-order valence-corrected chi connectivity index (χ3v) is 4.63. The predicted octanol–water partition coefficient (Wildman–Crippen LogP) is 1.86. The van der Waals surface area contributed by atoms with E-state index in [9.17, 15) is 17.2 Å². The highest BCUT2D eigenvalue weighted by Gasteiger charge is 2.27. The van der Waals surface area contributed by atoms with E-state index >= 15 is 0 Å². The van der Waals surface area contributed by atoms with Gasteiger partial charge in [0.2, 0.25) is 0 Å². The van der Waals surface area contributed by atoms with Gasteiger partial charge in [0.1, 0.15) is 16.5 Å². The Labute approximate surface area is 99.6 Å². The minimum absolute atomic E-state index is 0.221. The van der Waals surface area contributed by atoms with Gasteiger partial charge in [-0.05, 0) is 32.4 Å². The van der Waals surface area contributed by atoms with E-state index in [4.69, 9.17) is 5.73 Å². The Balaban J connectivity index is 3.13. The van der Waals surface area contributed by atoms with Crippen molar-refractivity contribution in [2.24, 2.45) is 5.73 Å². The molecule has 1 aromatic rings. The van der Waals surface area contributed by atoms with E-state index in [2.05, 4.69) is 0 Å². The van der Waals surface area contributed by atoms with Gasteiger partial charge in [0.15, 0.2) is 9.84 Å². The molecule has 0 amide bonds. The highest BCUT2D eigenvalue weighted by Crippen LogP contribution is 2.22. The molecule has 0 aromatic heterocycles. The molecule has 2 N–H and O–H groups in total. The number of rotatable bonds is 4. The molecule has 0 spiro atoms. The molecule has 0 saturated heterocycles. The van der Waals surface area contributed by atoms with Gasteiger partial charge in [0, 0.05) is 12.1 Å². The summed E-state index contributed by atoms with van der Waals surface area (Å²) in [6.45, 7) is 3.13. The third kappa shape index (κ3) is 3.23. The molecule has 0 aliphatic carbocycles. The number of hydrogen-bond donors (Lipinski definition) is 1. The highest BCUT2D eigenvalue weighted by molar-refractivity contribution is 7.92. The molecule has 0 fully saturated rings. The van der Waals surface area contributed by atoms with Crippen LogP contribution in [0.1, 0.15) is 20.3 Å². The molecular weight excluding hydrogens is 248 g/mol. The van der Waals surface area contributed by atoms with Gasteiger partial charge in [-0.1, -0.05) is 0 Å². The van der Waals surface area contributed by atoms with Crippen molar-refractivity contribution in [3.05, 3.63) is 29.8 Å². The molecule has 6 heteroatoms. The quantitative estimate of drug-likeness (QED) is 0.843. The fraction of sp³-hybridized carbons (Fsp3) is 0.455. The van der Waals surface area contributed by atoms with Crippen LogP contribution in [0.25, 0.3) is 0 Å². The topological polar surface area (TPSA) is 60.2 Å². The Morgan fingerprint density at radius 1 is 1.29 bits per heavy atom. The van der Waals surface area contributed by atoms with Crippen molar-refractivity contribution in [2.45, 2.75) is 36.5 Å². The first-order valence-electron chi connectivity index (χ1n) is 5.19. The summed E-state index contributed by atoms with van der Waals surface area (Å²) in [7, 11) is -3.80. The number of nitrogens with two attached hydrogens (primary N) is 1. The molecule has 1 rings (SSSR count). The van der Waals surface area contributed by atoms with Gasteiger partial charge >= 0.3 is 0 Å². The van der Waals surface area contributed by atoms with E-state index in [1.807, 2.05) is 0 Å². The van der Waals surface area contributed by atoms with E-state index in [-0.39, 0.29) is 12.5 Å². The van der Waals surface area contributed by atoms with Crippen molar-refractivity contribution in [3.8, 4) is 0 Å². The average Bonchev–Trinajstić information content (AvgIpc) is 2.15. The molecule has 17 heavy (non-hydrogen) atoms. The monoisotopic (exact) mass is 263 g/mol. The van der Waals surface area contributed by atoms with Crippen molar-refractivity contribution in [1.29, 1.82) is 0 Å². The molecule has 1 aromatic carbocycles. The van der Waals surface area contributed by atoms with Gasteiger partial charge in [0.25, 0.3) is 0 Å². The zero-order chi connectivity index (χ0) is 13.2. The Kier molecular flexibility index (Phi) is 4.21. The molecule has 0 heterocycles. The zero-order valence-corrected chi connectivity index (χ0v) is 10.5. The molecule has 0 aliphatic heterocycles.